The Kier molecular flexibility index (Phi) is 6.05. The average molecular weight is 445 g/mol. The van der Waals surface area contributed by atoms with Crippen molar-refractivity contribution < 1.29 is 24.0 Å². The number of hydrogen-bond acceptors (Lipinski definition) is 5. The number of carbonyl (C=O) groups excluding carboxylic acids is 2. The van der Waals surface area contributed by atoms with E-state index in [1.807, 2.05) is 13.8 Å². The lowest BCUT2D eigenvalue weighted by molar-refractivity contribution is -0.686. The molecule has 172 valence electrons. The summed E-state index contributed by atoms with van der Waals surface area (Å²) in [5, 5.41) is 16.8. The first kappa shape index (κ1) is 22.1. The van der Waals surface area contributed by atoms with Crippen LogP contribution < -0.4 is 15.4 Å². The van der Waals surface area contributed by atoms with Crippen molar-refractivity contribution in [3.05, 3.63) is 33.3 Å². The van der Waals surface area contributed by atoms with Crippen molar-refractivity contribution in [2.24, 2.45) is 5.92 Å². The third-order valence-corrected chi connectivity index (χ3v) is 5.69. The van der Waals surface area contributed by atoms with Crippen molar-refractivity contribution in [3.63, 3.8) is 0 Å². The van der Waals surface area contributed by atoms with E-state index >= 15 is 0 Å². The molecule has 0 aromatic carbocycles. The van der Waals surface area contributed by atoms with Gasteiger partial charge in [0.25, 0.3) is 5.91 Å². The maximum Gasteiger partial charge on any atom is 0.378 e. The SMILES string of the molecule is Cc1[nH]n2c(=O)c(C(=O)NC3CC3)c(O)[n+](CC(C)C)c2c1/C=C/C(=O)N1CCOCC1. The van der Waals surface area contributed by atoms with Gasteiger partial charge in [0, 0.05) is 25.2 Å². The van der Waals surface area contributed by atoms with Crippen LogP contribution in [0.15, 0.2) is 10.9 Å². The zero-order valence-electron chi connectivity index (χ0n) is 18.7. The Morgan fingerprint density at radius 2 is 2.00 bits per heavy atom. The smallest absolute Gasteiger partial charge is 0.378 e. The Morgan fingerprint density at radius 1 is 1.31 bits per heavy atom. The first-order chi connectivity index (χ1) is 15.3. The highest BCUT2D eigenvalue weighted by Crippen LogP contribution is 2.21. The van der Waals surface area contributed by atoms with Gasteiger partial charge in [-0.25, -0.2) is 9.89 Å². The van der Waals surface area contributed by atoms with Crippen LogP contribution in [0.3, 0.4) is 0 Å². The van der Waals surface area contributed by atoms with Crippen molar-refractivity contribution in [1.82, 2.24) is 19.8 Å². The van der Waals surface area contributed by atoms with Gasteiger partial charge in [-0.05, 0) is 31.8 Å². The quantitative estimate of drug-likeness (QED) is 0.439. The van der Waals surface area contributed by atoms with Crippen molar-refractivity contribution >= 4 is 23.5 Å². The van der Waals surface area contributed by atoms with E-state index in [0.29, 0.717) is 49.8 Å². The van der Waals surface area contributed by atoms with Gasteiger partial charge in [-0.2, -0.15) is 4.57 Å². The fraction of sp³-hybridized carbons (Fsp3) is 0.545. The fourth-order valence-electron chi connectivity index (χ4n) is 3.89. The number of H-pyrrole nitrogens is 1. The van der Waals surface area contributed by atoms with Crippen LogP contribution in [0, 0.1) is 12.8 Å². The van der Waals surface area contributed by atoms with Crippen LogP contribution in [0.1, 0.15) is 48.3 Å². The highest BCUT2D eigenvalue weighted by molar-refractivity contribution is 5.96. The van der Waals surface area contributed by atoms with Crippen LogP contribution >= 0.6 is 0 Å². The summed E-state index contributed by atoms with van der Waals surface area (Å²) in [6, 6.07) is 0.0515. The summed E-state index contributed by atoms with van der Waals surface area (Å²) >= 11 is 0. The van der Waals surface area contributed by atoms with Crippen LogP contribution in [0.5, 0.6) is 5.88 Å². The number of nitrogens with one attached hydrogen (secondary N) is 2. The van der Waals surface area contributed by atoms with Gasteiger partial charge >= 0.3 is 17.1 Å². The first-order valence-corrected chi connectivity index (χ1v) is 11.0. The third kappa shape index (κ3) is 4.27. The largest absolute Gasteiger partial charge is 0.477 e. The molecule has 0 unspecified atom stereocenters. The molecule has 4 rings (SSSR count). The number of aromatic hydroxyl groups is 1. The lowest BCUT2D eigenvalue weighted by Gasteiger charge is -2.25. The molecule has 0 atom stereocenters. The topological polar surface area (TPSA) is 120 Å². The summed E-state index contributed by atoms with van der Waals surface area (Å²) in [5.74, 6) is -0.952. The summed E-state index contributed by atoms with van der Waals surface area (Å²) in [6.07, 6.45) is 4.86. The van der Waals surface area contributed by atoms with Gasteiger partial charge in [-0.1, -0.05) is 18.4 Å². The Labute approximate surface area is 185 Å². The molecule has 0 spiro atoms. The summed E-state index contributed by atoms with van der Waals surface area (Å²) in [5.41, 5.74) is 0.750. The summed E-state index contributed by atoms with van der Waals surface area (Å²) in [4.78, 5) is 40.2. The number of aromatic amines is 1. The highest BCUT2D eigenvalue weighted by Gasteiger charge is 2.35. The molecule has 3 N–H and O–H groups in total. The molecule has 2 aromatic rings. The van der Waals surface area contributed by atoms with E-state index in [1.165, 1.54) is 10.6 Å². The van der Waals surface area contributed by atoms with E-state index in [2.05, 4.69) is 10.4 Å². The minimum Gasteiger partial charge on any atom is -0.477 e. The van der Waals surface area contributed by atoms with Crippen LogP contribution in [-0.4, -0.2) is 63.8 Å². The monoisotopic (exact) mass is 444 g/mol. The van der Waals surface area contributed by atoms with E-state index in [1.54, 1.807) is 22.5 Å². The number of nitrogens with zero attached hydrogens (tertiary/aromatic N) is 3. The van der Waals surface area contributed by atoms with Crippen molar-refractivity contribution in [3.8, 4) is 5.88 Å². The molecule has 10 heteroatoms. The number of aryl methyl sites for hydroxylation is 1. The van der Waals surface area contributed by atoms with Gasteiger partial charge in [-0.3, -0.25) is 9.59 Å². The van der Waals surface area contributed by atoms with Crippen molar-refractivity contribution in [1.29, 1.82) is 0 Å². The number of aromatic nitrogens is 3. The molecule has 2 amide bonds. The third-order valence-electron chi connectivity index (χ3n) is 5.69. The van der Waals surface area contributed by atoms with E-state index in [4.69, 9.17) is 4.74 Å². The maximum absolute atomic E-state index is 13.2. The number of ether oxygens (including phenoxy) is 1. The number of carbonyl (C=O) groups is 2. The van der Waals surface area contributed by atoms with Crippen LogP contribution in [0.4, 0.5) is 0 Å². The molecule has 2 aliphatic rings. The second-order valence-corrected chi connectivity index (χ2v) is 8.84. The molecule has 0 radical (unpaired) electrons. The standard InChI is InChI=1S/C22H29N5O5/c1-13(2)12-26-20-16(6-7-17(28)25-8-10-32-11-9-25)14(3)24-27(20)22(31)18(21(26)30)19(29)23-15-4-5-15/h6-7,13,15H,4-5,8-12H2,1-3H3,(H2,23,29,30,31)/p+1/b7-6+. The van der Waals surface area contributed by atoms with E-state index in [9.17, 15) is 19.5 Å². The molecular formula is C22H30N5O5+. The molecule has 1 saturated carbocycles. The Bertz CT molecular complexity index is 1140. The van der Waals surface area contributed by atoms with Crippen LogP contribution in [-0.2, 0) is 16.1 Å². The normalized spacial score (nSPS) is 16.9. The second kappa shape index (κ2) is 8.78. The number of morpholine rings is 1. The Morgan fingerprint density at radius 3 is 2.62 bits per heavy atom. The average Bonchev–Trinajstić information content (AvgIpc) is 3.50. The zero-order valence-corrected chi connectivity index (χ0v) is 18.7. The van der Waals surface area contributed by atoms with Gasteiger partial charge in [0.2, 0.25) is 11.5 Å². The predicted molar refractivity (Wildman–Crippen MR) is 116 cm³/mol. The van der Waals surface area contributed by atoms with Gasteiger partial charge in [0.1, 0.15) is 0 Å². The number of amides is 2. The lowest BCUT2D eigenvalue weighted by Crippen LogP contribution is -2.46. The van der Waals surface area contributed by atoms with E-state index < -0.39 is 11.5 Å². The molecule has 3 heterocycles. The lowest BCUT2D eigenvalue weighted by atomic mass is 10.1. The summed E-state index contributed by atoms with van der Waals surface area (Å²) in [7, 11) is 0. The van der Waals surface area contributed by atoms with Crippen LogP contribution in [0.25, 0.3) is 11.7 Å². The van der Waals surface area contributed by atoms with Gasteiger partial charge in [0.15, 0.2) is 0 Å². The highest BCUT2D eigenvalue weighted by atomic mass is 16.5. The molecule has 32 heavy (non-hydrogen) atoms. The fourth-order valence-corrected chi connectivity index (χ4v) is 3.89. The molecule has 0 bridgehead atoms. The molecular weight excluding hydrogens is 414 g/mol. The zero-order chi connectivity index (χ0) is 23.0. The van der Waals surface area contributed by atoms with Gasteiger partial charge < -0.3 is 20.1 Å². The van der Waals surface area contributed by atoms with Crippen LogP contribution in [0.2, 0.25) is 0 Å². The number of hydrogen-bond donors (Lipinski definition) is 3. The molecule has 10 nitrogen and oxygen atoms in total. The number of rotatable bonds is 6. The van der Waals surface area contributed by atoms with E-state index in [-0.39, 0.29) is 29.3 Å². The molecule has 1 saturated heterocycles. The minimum absolute atomic E-state index is 0.0515. The Balaban J connectivity index is 1.81. The number of fused-ring (bicyclic) bond motifs is 1. The predicted octanol–water partition coefficient (Wildman–Crippen LogP) is 0.349. The Hall–Kier alpha value is -3.14. The summed E-state index contributed by atoms with van der Waals surface area (Å²) in [6.45, 7) is 8.21. The van der Waals surface area contributed by atoms with Gasteiger partial charge in [0.05, 0.1) is 31.0 Å². The van der Waals surface area contributed by atoms with E-state index in [0.717, 1.165) is 12.8 Å². The van der Waals surface area contributed by atoms with Crippen molar-refractivity contribution in [2.45, 2.75) is 46.2 Å². The van der Waals surface area contributed by atoms with Crippen molar-refractivity contribution in [2.75, 3.05) is 26.3 Å². The summed E-state index contributed by atoms with van der Waals surface area (Å²) < 4.78 is 8.13. The molecule has 2 fully saturated rings. The molecule has 1 aliphatic carbocycles. The molecule has 2 aromatic heterocycles. The first-order valence-electron chi connectivity index (χ1n) is 11.0. The van der Waals surface area contributed by atoms with Gasteiger partial charge in [-0.15, -0.1) is 0 Å². The minimum atomic E-state index is -0.627. The second-order valence-electron chi connectivity index (χ2n) is 8.84. The molecule has 1 aliphatic heterocycles. The maximum atomic E-state index is 13.2.